The highest BCUT2D eigenvalue weighted by atomic mass is 32.1. The molecule has 6 heteroatoms. The van der Waals surface area contributed by atoms with Crippen LogP contribution < -0.4 is 5.32 Å². The van der Waals surface area contributed by atoms with Crippen LogP contribution in [0.4, 0.5) is 5.69 Å². The quantitative estimate of drug-likeness (QED) is 0.549. The first-order valence-electron chi connectivity index (χ1n) is 11.6. The molecule has 5 unspecified atom stereocenters. The Morgan fingerprint density at radius 1 is 1.23 bits per heavy atom. The molecule has 4 aliphatic heterocycles. The molecule has 2 bridgehead atoms. The number of piperidine rings is 4. The molecule has 4 fully saturated rings. The summed E-state index contributed by atoms with van der Waals surface area (Å²) >= 11 is 5.66. The van der Waals surface area contributed by atoms with Crippen LogP contribution in [0.2, 0.25) is 0 Å². The molecule has 2 aromatic rings. The van der Waals surface area contributed by atoms with Crippen LogP contribution in [0.15, 0.2) is 43.1 Å². The maximum absolute atomic E-state index is 11.5. The number of rotatable bonds is 4. The van der Waals surface area contributed by atoms with E-state index in [9.17, 15) is 5.11 Å². The first-order valence-corrected chi connectivity index (χ1v) is 12.0. The van der Waals surface area contributed by atoms with Gasteiger partial charge in [0.25, 0.3) is 0 Å². The van der Waals surface area contributed by atoms with Gasteiger partial charge in [-0.1, -0.05) is 6.08 Å². The minimum absolute atomic E-state index is 0.159. The molecule has 0 radical (unpaired) electrons. The lowest BCUT2D eigenvalue weighted by atomic mass is 9.73. The Morgan fingerprint density at radius 2 is 2.06 bits per heavy atom. The molecule has 2 N–H and O–H groups in total. The minimum Gasteiger partial charge on any atom is -0.387 e. The lowest BCUT2D eigenvalue weighted by Gasteiger charge is -2.50. The largest absolute Gasteiger partial charge is 0.387 e. The second kappa shape index (κ2) is 8.85. The average molecular weight is 437 g/mol. The molecule has 0 amide bonds. The molecule has 0 saturated carbocycles. The summed E-state index contributed by atoms with van der Waals surface area (Å²) in [7, 11) is 0. The van der Waals surface area contributed by atoms with Gasteiger partial charge < -0.3 is 15.3 Å². The van der Waals surface area contributed by atoms with Crippen LogP contribution in [0.25, 0.3) is 10.9 Å². The first kappa shape index (κ1) is 20.9. The summed E-state index contributed by atoms with van der Waals surface area (Å²) < 4.78 is 0. The van der Waals surface area contributed by atoms with Crippen molar-refractivity contribution in [3.8, 4) is 0 Å². The van der Waals surface area contributed by atoms with E-state index in [-0.39, 0.29) is 6.04 Å². The average Bonchev–Trinajstić information content (AvgIpc) is 2.83. The summed E-state index contributed by atoms with van der Waals surface area (Å²) in [5, 5.41) is 16.7. The van der Waals surface area contributed by atoms with Crippen molar-refractivity contribution in [1.29, 1.82) is 0 Å². The fraction of sp³-hybridized carbons (Fsp3) is 0.520. The van der Waals surface area contributed by atoms with Gasteiger partial charge in [-0.3, -0.25) is 9.88 Å². The second-order valence-electron chi connectivity index (χ2n) is 9.30. The van der Waals surface area contributed by atoms with Gasteiger partial charge in [0.1, 0.15) is 0 Å². The molecular formula is C25H32N4OS. The lowest BCUT2D eigenvalue weighted by molar-refractivity contribution is -0.0444. The molecule has 0 aliphatic carbocycles. The SMILES string of the molecule is C=CC1CN2CCC1CC2C(O)c1ccnc2ccc(NC(=S)N3CCCCC3)cc12. The molecule has 5 nitrogen and oxygen atoms in total. The number of benzene rings is 1. The number of thiocarbonyl (C=S) groups is 1. The molecule has 5 atom stereocenters. The van der Waals surface area contributed by atoms with Gasteiger partial charge in [-0.05, 0) is 92.5 Å². The first-order chi connectivity index (χ1) is 15.1. The highest BCUT2D eigenvalue weighted by Gasteiger charge is 2.42. The van der Waals surface area contributed by atoms with E-state index in [0.29, 0.717) is 11.8 Å². The van der Waals surface area contributed by atoms with E-state index in [1.165, 1.54) is 25.7 Å². The van der Waals surface area contributed by atoms with E-state index in [0.717, 1.165) is 59.9 Å². The number of nitrogens with zero attached hydrogens (tertiary/aromatic N) is 3. The number of aliphatic hydroxyl groups excluding tert-OH is 1. The molecule has 0 spiro atoms. The number of hydrogen-bond donors (Lipinski definition) is 2. The normalized spacial score (nSPS) is 29.0. The lowest BCUT2D eigenvalue weighted by Crippen LogP contribution is -2.54. The maximum Gasteiger partial charge on any atom is 0.173 e. The van der Waals surface area contributed by atoms with Crippen LogP contribution in [0, 0.1) is 11.8 Å². The van der Waals surface area contributed by atoms with Gasteiger partial charge in [0.15, 0.2) is 5.11 Å². The van der Waals surface area contributed by atoms with Crippen LogP contribution in [-0.4, -0.2) is 57.2 Å². The molecular weight excluding hydrogens is 404 g/mol. The number of likely N-dealkylation sites (tertiary alicyclic amines) is 1. The summed E-state index contributed by atoms with van der Waals surface area (Å²) in [5.41, 5.74) is 2.83. The molecule has 31 heavy (non-hydrogen) atoms. The standard InChI is InChI=1S/C25H32N4OS/c1-2-17-16-29-13-9-18(17)14-23(29)24(30)20-8-10-26-22-7-6-19(15-21(20)22)27-25(31)28-11-4-3-5-12-28/h2,6-8,10,15,17-18,23-24,30H,1,3-5,9,11-14,16H2,(H,27,31). The number of anilines is 1. The minimum atomic E-state index is -0.525. The molecule has 6 rings (SSSR count). The topological polar surface area (TPSA) is 51.6 Å². The van der Waals surface area contributed by atoms with E-state index in [4.69, 9.17) is 12.2 Å². The maximum atomic E-state index is 11.5. The highest BCUT2D eigenvalue weighted by molar-refractivity contribution is 7.80. The molecule has 1 aromatic carbocycles. The molecule has 1 aromatic heterocycles. The van der Waals surface area contributed by atoms with Gasteiger partial charge >= 0.3 is 0 Å². The van der Waals surface area contributed by atoms with E-state index >= 15 is 0 Å². The predicted octanol–water partition coefficient (Wildman–Crippen LogP) is 4.35. The smallest absolute Gasteiger partial charge is 0.173 e. The fourth-order valence-electron chi connectivity index (χ4n) is 5.72. The molecule has 4 saturated heterocycles. The van der Waals surface area contributed by atoms with Crippen molar-refractivity contribution in [3.05, 3.63) is 48.7 Å². The van der Waals surface area contributed by atoms with Crippen LogP contribution in [0.1, 0.15) is 43.8 Å². The predicted molar refractivity (Wildman–Crippen MR) is 130 cm³/mol. The van der Waals surface area contributed by atoms with Gasteiger partial charge in [0.05, 0.1) is 11.6 Å². The number of pyridine rings is 1. The number of aliphatic hydroxyl groups is 1. The van der Waals surface area contributed by atoms with Crippen molar-refractivity contribution in [2.45, 2.75) is 44.2 Å². The van der Waals surface area contributed by atoms with E-state index in [2.05, 4.69) is 38.8 Å². The highest BCUT2D eigenvalue weighted by Crippen LogP contribution is 2.42. The summed E-state index contributed by atoms with van der Waals surface area (Å²) in [5.74, 6) is 1.19. The number of hydrogen-bond acceptors (Lipinski definition) is 4. The zero-order chi connectivity index (χ0) is 21.4. The fourth-order valence-corrected chi connectivity index (χ4v) is 6.02. The number of aromatic nitrogens is 1. The van der Waals surface area contributed by atoms with Crippen molar-refractivity contribution in [2.24, 2.45) is 11.8 Å². The van der Waals surface area contributed by atoms with Crippen molar-refractivity contribution in [2.75, 3.05) is 31.5 Å². The van der Waals surface area contributed by atoms with Crippen LogP contribution in [0.5, 0.6) is 0 Å². The summed E-state index contributed by atoms with van der Waals surface area (Å²) in [6, 6.07) is 8.29. The van der Waals surface area contributed by atoms with Crippen molar-refractivity contribution in [3.63, 3.8) is 0 Å². The van der Waals surface area contributed by atoms with Crippen molar-refractivity contribution >= 4 is 33.9 Å². The monoisotopic (exact) mass is 436 g/mol. The van der Waals surface area contributed by atoms with Gasteiger partial charge in [-0.25, -0.2) is 0 Å². The van der Waals surface area contributed by atoms with E-state index < -0.39 is 6.10 Å². The van der Waals surface area contributed by atoms with E-state index in [1.54, 1.807) is 0 Å². The van der Waals surface area contributed by atoms with Crippen LogP contribution >= 0.6 is 12.2 Å². The van der Waals surface area contributed by atoms with Gasteiger partial charge in [-0.2, -0.15) is 0 Å². The Labute approximate surface area is 190 Å². The zero-order valence-corrected chi connectivity index (χ0v) is 18.9. The van der Waals surface area contributed by atoms with Gasteiger partial charge in [0.2, 0.25) is 0 Å². The summed E-state index contributed by atoms with van der Waals surface area (Å²) in [6.45, 7) is 8.14. The Kier molecular flexibility index (Phi) is 5.95. The molecule has 5 heterocycles. The summed E-state index contributed by atoms with van der Waals surface area (Å²) in [4.78, 5) is 9.25. The zero-order valence-electron chi connectivity index (χ0n) is 18.0. The Morgan fingerprint density at radius 3 is 2.81 bits per heavy atom. The van der Waals surface area contributed by atoms with Gasteiger partial charge in [-0.15, -0.1) is 6.58 Å². The summed E-state index contributed by atoms with van der Waals surface area (Å²) in [6.07, 6.45) is 9.31. The Bertz CT molecular complexity index is 973. The Hall–Kier alpha value is -2.02. The number of fused-ring (bicyclic) bond motifs is 4. The van der Waals surface area contributed by atoms with Crippen molar-refractivity contribution < 1.29 is 5.11 Å². The van der Waals surface area contributed by atoms with Gasteiger partial charge in [0, 0.05) is 42.9 Å². The Balaban J connectivity index is 1.39. The van der Waals surface area contributed by atoms with Crippen LogP contribution in [-0.2, 0) is 0 Å². The van der Waals surface area contributed by atoms with Crippen LogP contribution in [0.3, 0.4) is 0 Å². The molecule has 164 valence electrons. The third-order valence-electron chi connectivity index (χ3n) is 7.51. The molecule has 4 aliphatic rings. The van der Waals surface area contributed by atoms with E-state index in [1.807, 2.05) is 24.4 Å². The van der Waals surface area contributed by atoms with Crippen molar-refractivity contribution in [1.82, 2.24) is 14.8 Å². The second-order valence-corrected chi connectivity index (χ2v) is 9.69. The third kappa shape index (κ3) is 4.09. The third-order valence-corrected chi connectivity index (χ3v) is 7.87. The number of nitrogens with one attached hydrogen (secondary N) is 1.